The normalized spacial score (nSPS) is 17.2. The zero-order valence-corrected chi connectivity index (χ0v) is 15.7. The first-order valence-electron chi connectivity index (χ1n) is 9.04. The van der Waals surface area contributed by atoms with Crippen LogP contribution in [0, 0.1) is 5.92 Å². The molecule has 0 spiro atoms. The van der Waals surface area contributed by atoms with E-state index in [-0.39, 0.29) is 11.9 Å². The molecule has 0 N–H and O–H groups in total. The second-order valence-electron chi connectivity index (χ2n) is 7.08. The number of rotatable bonds is 6. The van der Waals surface area contributed by atoms with Crippen molar-refractivity contribution in [1.29, 1.82) is 0 Å². The molecule has 2 rings (SSSR count). The summed E-state index contributed by atoms with van der Waals surface area (Å²) in [6, 6.07) is 8.05. The van der Waals surface area contributed by atoms with Gasteiger partial charge in [0.25, 0.3) is 5.91 Å². The number of ether oxygens (including phenoxy) is 2. The molecule has 1 aromatic rings. The van der Waals surface area contributed by atoms with Gasteiger partial charge in [-0.2, -0.15) is 0 Å². The predicted molar refractivity (Wildman–Crippen MR) is 96.4 cm³/mol. The van der Waals surface area contributed by atoms with Gasteiger partial charge in [0.15, 0.2) is 6.10 Å². The van der Waals surface area contributed by atoms with Crippen molar-refractivity contribution in [3.63, 3.8) is 0 Å². The van der Waals surface area contributed by atoms with Gasteiger partial charge < -0.3 is 14.4 Å². The minimum Gasteiger partial charge on any atom is -0.452 e. The van der Waals surface area contributed by atoms with E-state index < -0.39 is 12.0 Å². The number of morpholine rings is 1. The van der Waals surface area contributed by atoms with Gasteiger partial charge in [-0.25, -0.2) is 0 Å². The zero-order valence-electron chi connectivity index (χ0n) is 15.7. The third-order valence-corrected chi connectivity index (χ3v) is 4.44. The predicted octanol–water partition coefficient (Wildman–Crippen LogP) is 2.78. The third kappa shape index (κ3) is 5.56. The standard InChI is InChI=1S/C20H29NO4/c1-14(2)13-17-5-7-18(8-6-17)15(3)20(23)25-16(4)19(22)21-9-11-24-12-10-21/h5-8,14-16H,9-13H2,1-4H3/t15-,16-/m0/s1. The average molecular weight is 347 g/mol. The minimum absolute atomic E-state index is 0.156. The maximum atomic E-state index is 12.4. The lowest BCUT2D eigenvalue weighted by Gasteiger charge is -2.29. The Morgan fingerprint density at radius 2 is 1.68 bits per heavy atom. The van der Waals surface area contributed by atoms with Crippen molar-refractivity contribution < 1.29 is 19.1 Å². The Morgan fingerprint density at radius 3 is 2.24 bits per heavy atom. The first-order valence-corrected chi connectivity index (χ1v) is 9.04. The van der Waals surface area contributed by atoms with Crippen molar-refractivity contribution in [2.45, 2.75) is 46.1 Å². The van der Waals surface area contributed by atoms with Gasteiger partial charge in [0.1, 0.15) is 0 Å². The van der Waals surface area contributed by atoms with Gasteiger partial charge in [-0.15, -0.1) is 0 Å². The molecule has 25 heavy (non-hydrogen) atoms. The second-order valence-corrected chi connectivity index (χ2v) is 7.08. The SMILES string of the molecule is CC(C)Cc1ccc([C@H](C)C(=O)O[C@@H](C)C(=O)N2CCOCC2)cc1. The molecule has 1 amide bonds. The number of benzene rings is 1. The molecule has 5 heteroatoms. The van der Waals surface area contributed by atoms with Crippen molar-refractivity contribution in [1.82, 2.24) is 4.90 Å². The quantitative estimate of drug-likeness (QED) is 0.743. The van der Waals surface area contributed by atoms with E-state index in [0.717, 1.165) is 12.0 Å². The molecule has 1 saturated heterocycles. The lowest BCUT2D eigenvalue weighted by Crippen LogP contribution is -2.46. The van der Waals surface area contributed by atoms with Crippen LogP contribution in [0.2, 0.25) is 0 Å². The van der Waals surface area contributed by atoms with Crippen LogP contribution < -0.4 is 0 Å². The van der Waals surface area contributed by atoms with E-state index in [4.69, 9.17) is 9.47 Å². The fraction of sp³-hybridized carbons (Fsp3) is 0.600. The second kappa shape index (κ2) is 8.99. The van der Waals surface area contributed by atoms with Crippen LogP contribution in [0.15, 0.2) is 24.3 Å². The van der Waals surface area contributed by atoms with E-state index in [1.807, 2.05) is 19.1 Å². The molecule has 0 aromatic heterocycles. The first kappa shape index (κ1) is 19.4. The van der Waals surface area contributed by atoms with Crippen LogP contribution in [-0.2, 0) is 25.5 Å². The molecule has 5 nitrogen and oxygen atoms in total. The summed E-state index contributed by atoms with van der Waals surface area (Å²) in [5.41, 5.74) is 2.17. The van der Waals surface area contributed by atoms with Gasteiger partial charge in [-0.05, 0) is 37.3 Å². The van der Waals surface area contributed by atoms with Gasteiger partial charge in [0.05, 0.1) is 19.1 Å². The highest BCUT2D eigenvalue weighted by Crippen LogP contribution is 2.20. The van der Waals surface area contributed by atoms with Crippen molar-refractivity contribution in [2.24, 2.45) is 5.92 Å². The molecule has 0 unspecified atom stereocenters. The van der Waals surface area contributed by atoms with Crippen molar-refractivity contribution in [2.75, 3.05) is 26.3 Å². The highest BCUT2D eigenvalue weighted by Gasteiger charge is 2.27. The van der Waals surface area contributed by atoms with Gasteiger partial charge in [-0.1, -0.05) is 38.1 Å². The molecular weight excluding hydrogens is 318 g/mol. The Kier molecular flexibility index (Phi) is 7.00. The Hall–Kier alpha value is -1.88. The van der Waals surface area contributed by atoms with E-state index in [9.17, 15) is 9.59 Å². The first-order chi connectivity index (χ1) is 11.9. The minimum atomic E-state index is -0.770. The fourth-order valence-electron chi connectivity index (χ4n) is 2.92. The number of carbonyl (C=O) groups is 2. The molecule has 0 aliphatic carbocycles. The smallest absolute Gasteiger partial charge is 0.313 e. The summed E-state index contributed by atoms with van der Waals surface area (Å²) in [6.07, 6.45) is 0.248. The zero-order chi connectivity index (χ0) is 18.4. The van der Waals surface area contributed by atoms with E-state index in [2.05, 4.69) is 26.0 Å². The molecule has 0 radical (unpaired) electrons. The maximum absolute atomic E-state index is 12.4. The number of esters is 1. The lowest BCUT2D eigenvalue weighted by molar-refractivity contribution is -0.161. The monoisotopic (exact) mass is 347 g/mol. The van der Waals surface area contributed by atoms with Gasteiger partial charge in [0, 0.05) is 13.1 Å². The molecule has 1 aliphatic heterocycles. The Morgan fingerprint density at radius 1 is 1.08 bits per heavy atom. The third-order valence-electron chi connectivity index (χ3n) is 4.44. The maximum Gasteiger partial charge on any atom is 0.313 e. The Balaban J connectivity index is 1.91. The molecule has 138 valence electrons. The van der Waals surface area contributed by atoms with Crippen LogP contribution in [-0.4, -0.2) is 49.2 Å². The summed E-state index contributed by atoms with van der Waals surface area (Å²) in [4.78, 5) is 26.4. The highest BCUT2D eigenvalue weighted by atomic mass is 16.5. The van der Waals surface area contributed by atoms with Crippen molar-refractivity contribution in [3.8, 4) is 0 Å². The molecule has 0 saturated carbocycles. The summed E-state index contributed by atoms with van der Waals surface area (Å²) in [7, 11) is 0. The number of hydrogen-bond donors (Lipinski definition) is 0. The molecule has 1 heterocycles. The van der Waals surface area contributed by atoms with Crippen LogP contribution in [0.25, 0.3) is 0 Å². The molecule has 1 aliphatic rings. The van der Waals surface area contributed by atoms with E-state index >= 15 is 0 Å². The van der Waals surface area contributed by atoms with Crippen molar-refractivity contribution in [3.05, 3.63) is 35.4 Å². The van der Waals surface area contributed by atoms with Crippen LogP contribution in [0.5, 0.6) is 0 Å². The van der Waals surface area contributed by atoms with E-state index in [1.54, 1.807) is 11.8 Å². The Bertz CT molecular complexity index is 576. The van der Waals surface area contributed by atoms with Crippen LogP contribution in [0.1, 0.15) is 44.7 Å². The summed E-state index contributed by atoms with van der Waals surface area (Å²) in [5, 5.41) is 0. The summed E-state index contributed by atoms with van der Waals surface area (Å²) in [6.45, 7) is 9.97. The van der Waals surface area contributed by atoms with E-state index in [1.165, 1.54) is 5.56 Å². The van der Waals surface area contributed by atoms with Gasteiger partial charge in [0.2, 0.25) is 0 Å². The van der Waals surface area contributed by atoms with E-state index in [0.29, 0.717) is 32.2 Å². The van der Waals surface area contributed by atoms with Crippen molar-refractivity contribution >= 4 is 11.9 Å². The largest absolute Gasteiger partial charge is 0.452 e. The number of hydrogen-bond acceptors (Lipinski definition) is 4. The van der Waals surface area contributed by atoms with Crippen LogP contribution in [0.3, 0.4) is 0 Å². The fourth-order valence-corrected chi connectivity index (χ4v) is 2.92. The topological polar surface area (TPSA) is 55.8 Å². The van der Waals surface area contributed by atoms with Crippen LogP contribution >= 0.6 is 0 Å². The van der Waals surface area contributed by atoms with Gasteiger partial charge >= 0.3 is 5.97 Å². The summed E-state index contributed by atoms with van der Waals surface area (Å²) < 4.78 is 10.6. The Labute approximate surface area is 150 Å². The summed E-state index contributed by atoms with van der Waals surface area (Å²) >= 11 is 0. The molecule has 0 bridgehead atoms. The van der Waals surface area contributed by atoms with Crippen LogP contribution in [0.4, 0.5) is 0 Å². The summed E-state index contributed by atoms with van der Waals surface area (Å²) in [5.74, 6) is -0.324. The number of carbonyl (C=O) groups excluding carboxylic acids is 2. The molecular formula is C20H29NO4. The lowest BCUT2D eigenvalue weighted by atomic mass is 9.97. The molecule has 1 fully saturated rings. The number of amides is 1. The molecule has 1 aromatic carbocycles. The number of nitrogens with zero attached hydrogens (tertiary/aromatic N) is 1. The highest BCUT2D eigenvalue weighted by molar-refractivity contribution is 5.85. The molecule has 2 atom stereocenters. The van der Waals surface area contributed by atoms with Gasteiger partial charge in [-0.3, -0.25) is 9.59 Å². The average Bonchev–Trinajstić information content (AvgIpc) is 2.61.